The first-order valence-electron chi connectivity index (χ1n) is 10.4. The van der Waals surface area contributed by atoms with Gasteiger partial charge in [-0.15, -0.1) is 11.8 Å². The second-order valence-electron chi connectivity index (χ2n) is 8.68. The first-order chi connectivity index (χ1) is 14.3. The molecule has 3 rings (SSSR count). The van der Waals surface area contributed by atoms with Crippen molar-refractivity contribution in [3.05, 3.63) is 29.8 Å². The van der Waals surface area contributed by atoms with Gasteiger partial charge in [0.1, 0.15) is 5.60 Å². The second kappa shape index (κ2) is 10.0. The monoisotopic (exact) mass is 436 g/mol. The van der Waals surface area contributed by atoms with Crippen LogP contribution in [0.4, 0.5) is 4.79 Å². The molecule has 0 spiro atoms. The van der Waals surface area contributed by atoms with Gasteiger partial charge in [0.2, 0.25) is 0 Å². The zero-order valence-corrected chi connectivity index (χ0v) is 19.0. The molecule has 0 bridgehead atoms. The number of ether oxygens (including phenoxy) is 3. The molecule has 2 saturated heterocycles. The van der Waals surface area contributed by atoms with Gasteiger partial charge in [-0.3, -0.25) is 4.79 Å². The Kier molecular flexibility index (Phi) is 7.65. The van der Waals surface area contributed by atoms with Crippen LogP contribution in [0.25, 0.3) is 0 Å². The summed E-state index contributed by atoms with van der Waals surface area (Å²) in [6.07, 6.45) is 1.74. The van der Waals surface area contributed by atoms with E-state index in [1.165, 1.54) is 0 Å². The van der Waals surface area contributed by atoms with E-state index < -0.39 is 11.7 Å². The molecule has 0 aliphatic carbocycles. The van der Waals surface area contributed by atoms with Gasteiger partial charge in [0.05, 0.1) is 30.4 Å². The van der Waals surface area contributed by atoms with E-state index in [0.717, 1.165) is 30.1 Å². The summed E-state index contributed by atoms with van der Waals surface area (Å²) < 4.78 is 16.7. The molecule has 0 saturated carbocycles. The summed E-state index contributed by atoms with van der Waals surface area (Å²) >= 11 is 1.65. The summed E-state index contributed by atoms with van der Waals surface area (Å²) in [4.78, 5) is 28.0. The molecular formula is C22H32N2O5S. The van der Waals surface area contributed by atoms with Crippen molar-refractivity contribution in [3.63, 3.8) is 0 Å². The van der Waals surface area contributed by atoms with E-state index in [4.69, 9.17) is 14.2 Å². The number of carbonyl (C=O) groups excluding carboxylic acids is 2. The lowest BCUT2D eigenvalue weighted by Crippen LogP contribution is -2.44. The van der Waals surface area contributed by atoms with E-state index >= 15 is 0 Å². The van der Waals surface area contributed by atoms with Gasteiger partial charge < -0.3 is 24.4 Å². The van der Waals surface area contributed by atoms with Gasteiger partial charge >= 0.3 is 6.09 Å². The summed E-state index contributed by atoms with van der Waals surface area (Å²) in [6, 6.07) is 7.29. The third-order valence-corrected chi connectivity index (χ3v) is 6.32. The van der Waals surface area contributed by atoms with E-state index in [0.29, 0.717) is 18.7 Å². The van der Waals surface area contributed by atoms with Crippen molar-refractivity contribution in [2.75, 3.05) is 32.6 Å². The molecule has 0 radical (unpaired) electrons. The topological polar surface area (TPSA) is 77.1 Å². The van der Waals surface area contributed by atoms with Crippen LogP contribution in [0.15, 0.2) is 29.2 Å². The van der Waals surface area contributed by atoms with Gasteiger partial charge in [0.25, 0.3) is 5.91 Å². The summed E-state index contributed by atoms with van der Waals surface area (Å²) in [5, 5.41) is 3.05. The van der Waals surface area contributed by atoms with Crippen LogP contribution >= 0.6 is 11.8 Å². The Morgan fingerprint density at radius 1 is 1.27 bits per heavy atom. The molecule has 1 N–H and O–H groups in total. The largest absolute Gasteiger partial charge is 0.444 e. The van der Waals surface area contributed by atoms with Crippen LogP contribution < -0.4 is 5.32 Å². The normalized spacial score (nSPS) is 24.1. The van der Waals surface area contributed by atoms with E-state index in [1.807, 2.05) is 45.0 Å². The average Bonchev–Trinajstić information content (AvgIpc) is 3.35. The lowest BCUT2D eigenvalue weighted by molar-refractivity contribution is 0.0252. The van der Waals surface area contributed by atoms with Crippen molar-refractivity contribution in [2.45, 2.75) is 62.4 Å². The summed E-state index contributed by atoms with van der Waals surface area (Å²) in [5.74, 6) is 0.671. The smallest absolute Gasteiger partial charge is 0.410 e. The third kappa shape index (κ3) is 6.12. The predicted molar refractivity (Wildman–Crippen MR) is 116 cm³/mol. The number of carbonyl (C=O) groups is 2. The number of likely N-dealkylation sites (tertiary alicyclic amines) is 1. The highest BCUT2D eigenvalue weighted by atomic mass is 32.2. The first-order valence-corrected chi connectivity index (χ1v) is 11.4. The number of nitrogens with zero attached hydrogens (tertiary/aromatic N) is 1. The van der Waals surface area contributed by atoms with Crippen LogP contribution in [0.5, 0.6) is 0 Å². The zero-order valence-electron chi connectivity index (χ0n) is 18.2. The Morgan fingerprint density at radius 3 is 2.70 bits per heavy atom. The molecule has 1 aromatic rings. The Balaban J connectivity index is 1.62. The standard InChI is InChI=1S/C22H32N2O5S/c1-22(2,3)29-21(26)24-12-17(18(13-24)27-4)23-20(25)16-9-5-6-10-19(16)30-14-15-8-7-11-28-15/h5-6,9-10,15,17-18H,7-8,11-14H2,1-4H3,(H,23,25)/t15-,17+,18+/m1/s1. The van der Waals surface area contributed by atoms with E-state index in [2.05, 4.69) is 5.32 Å². The zero-order chi connectivity index (χ0) is 21.7. The molecule has 3 atom stereocenters. The molecule has 2 amide bonds. The Hall–Kier alpha value is -1.77. The van der Waals surface area contributed by atoms with Gasteiger partial charge in [-0.2, -0.15) is 0 Å². The Labute approximate surface area is 182 Å². The number of hydrogen-bond donors (Lipinski definition) is 1. The van der Waals surface area contributed by atoms with Gasteiger partial charge in [-0.05, 0) is 45.7 Å². The van der Waals surface area contributed by atoms with E-state index in [-0.39, 0.29) is 24.2 Å². The van der Waals surface area contributed by atoms with Crippen molar-refractivity contribution in [1.82, 2.24) is 10.2 Å². The molecule has 1 aromatic carbocycles. The molecule has 0 aromatic heterocycles. The third-order valence-electron chi connectivity index (χ3n) is 5.12. The first kappa shape index (κ1) is 22.9. The van der Waals surface area contributed by atoms with Crippen molar-refractivity contribution in [3.8, 4) is 0 Å². The highest BCUT2D eigenvalue weighted by molar-refractivity contribution is 7.99. The molecule has 2 aliphatic heterocycles. The van der Waals surface area contributed by atoms with Gasteiger partial charge in [0, 0.05) is 30.9 Å². The van der Waals surface area contributed by atoms with Crippen molar-refractivity contribution < 1.29 is 23.8 Å². The number of methoxy groups -OCH3 is 1. The SMILES string of the molecule is CO[C@H]1CN(C(=O)OC(C)(C)C)C[C@@H]1NC(=O)c1ccccc1SC[C@H]1CCCO1. The van der Waals surface area contributed by atoms with Crippen LogP contribution in [-0.4, -0.2) is 73.3 Å². The fourth-order valence-corrected chi connectivity index (χ4v) is 4.73. The molecule has 2 fully saturated rings. The summed E-state index contributed by atoms with van der Waals surface area (Å²) in [5.41, 5.74) is 0.0614. The van der Waals surface area contributed by atoms with Crippen LogP contribution in [-0.2, 0) is 14.2 Å². The Bertz CT molecular complexity index is 745. The molecule has 8 heteroatoms. The minimum absolute atomic E-state index is 0.163. The molecule has 2 aliphatic rings. The molecule has 0 unspecified atom stereocenters. The maximum Gasteiger partial charge on any atom is 0.410 e. The van der Waals surface area contributed by atoms with Crippen molar-refractivity contribution in [2.24, 2.45) is 0 Å². The predicted octanol–water partition coefficient (Wildman–Crippen LogP) is 3.32. The van der Waals surface area contributed by atoms with Gasteiger partial charge in [-0.25, -0.2) is 4.79 Å². The molecule has 166 valence electrons. The fraction of sp³-hybridized carbons (Fsp3) is 0.636. The number of nitrogens with one attached hydrogen (secondary N) is 1. The van der Waals surface area contributed by atoms with Crippen LogP contribution in [0.1, 0.15) is 44.0 Å². The quantitative estimate of drug-likeness (QED) is 0.690. The number of hydrogen-bond acceptors (Lipinski definition) is 6. The number of benzene rings is 1. The summed E-state index contributed by atoms with van der Waals surface area (Å²) in [7, 11) is 1.59. The van der Waals surface area contributed by atoms with E-state index in [1.54, 1.807) is 23.8 Å². The minimum atomic E-state index is -0.569. The average molecular weight is 437 g/mol. The molecule has 30 heavy (non-hydrogen) atoms. The van der Waals surface area contributed by atoms with Gasteiger partial charge in [-0.1, -0.05) is 12.1 Å². The van der Waals surface area contributed by atoms with E-state index in [9.17, 15) is 9.59 Å². The minimum Gasteiger partial charge on any atom is -0.444 e. The highest BCUT2D eigenvalue weighted by Gasteiger charge is 2.38. The second-order valence-corrected chi connectivity index (χ2v) is 9.74. The van der Waals surface area contributed by atoms with Gasteiger partial charge in [0.15, 0.2) is 0 Å². The van der Waals surface area contributed by atoms with Crippen molar-refractivity contribution >= 4 is 23.8 Å². The van der Waals surface area contributed by atoms with Crippen LogP contribution in [0.2, 0.25) is 0 Å². The lowest BCUT2D eigenvalue weighted by atomic mass is 10.1. The maximum absolute atomic E-state index is 13.0. The Morgan fingerprint density at radius 2 is 2.03 bits per heavy atom. The highest BCUT2D eigenvalue weighted by Crippen LogP contribution is 2.27. The van der Waals surface area contributed by atoms with Crippen LogP contribution in [0, 0.1) is 0 Å². The van der Waals surface area contributed by atoms with Crippen molar-refractivity contribution in [1.29, 1.82) is 0 Å². The lowest BCUT2D eigenvalue weighted by Gasteiger charge is -2.24. The fourth-order valence-electron chi connectivity index (χ4n) is 3.61. The maximum atomic E-state index is 13.0. The molecular weight excluding hydrogens is 404 g/mol. The summed E-state index contributed by atoms with van der Waals surface area (Å²) in [6.45, 7) is 7.05. The number of rotatable bonds is 6. The number of amides is 2. The molecule has 2 heterocycles. The van der Waals surface area contributed by atoms with Crippen LogP contribution in [0.3, 0.4) is 0 Å². The molecule has 7 nitrogen and oxygen atoms in total. The number of thioether (sulfide) groups is 1.